The third kappa shape index (κ3) is 27.9. The zero-order valence-corrected chi connectivity index (χ0v) is 51.8. The lowest BCUT2D eigenvalue weighted by Gasteiger charge is -2.32. The van der Waals surface area contributed by atoms with Gasteiger partial charge in [0.15, 0.2) is 5.96 Å². The summed E-state index contributed by atoms with van der Waals surface area (Å²) in [6, 6.07) is -12.9. The van der Waals surface area contributed by atoms with Crippen LogP contribution in [0.3, 0.4) is 0 Å². The third-order valence-electron chi connectivity index (χ3n) is 13.3. The number of hydrogen-bond acceptors (Lipinski definition) is 20. The molecule has 0 saturated carbocycles. The van der Waals surface area contributed by atoms with Gasteiger partial charge in [-0.2, -0.15) is 37.0 Å². The number of thioether (sulfide) groups is 1. The quantitative estimate of drug-likeness (QED) is 0.0125. The predicted molar refractivity (Wildman–Crippen MR) is 326 cm³/mol. The number of nitrogens with zero attached hydrogens (tertiary/aromatic N) is 2. The lowest BCUT2D eigenvalue weighted by atomic mass is 10.0. The molecule has 33 nitrogen and oxygen atoms in total. The molecule has 0 unspecified atom stereocenters. The Balaban J connectivity index is 2.28. The zero-order chi connectivity index (χ0) is 65.3. The molecule has 1 aromatic heterocycles. The average molecular weight is 1290 g/mol. The van der Waals surface area contributed by atoms with Crippen LogP contribution in [0.1, 0.15) is 90.7 Å². The molecule has 2 rings (SSSR count). The maximum Gasteiger partial charge on any atom is 0.326 e. The van der Waals surface area contributed by atoms with Gasteiger partial charge in [-0.15, -0.1) is 0 Å². The van der Waals surface area contributed by atoms with E-state index in [2.05, 4.69) is 93.7 Å². The molecule has 0 aliphatic carbocycles. The number of carbonyl (C=O) groups excluding carboxylic acids is 12. The second-order valence-electron chi connectivity index (χ2n) is 20.7. The van der Waals surface area contributed by atoms with Crippen molar-refractivity contribution in [1.82, 2.24) is 73.4 Å². The highest BCUT2D eigenvalue weighted by Crippen LogP contribution is 2.21. The van der Waals surface area contributed by atoms with Gasteiger partial charge in [0.25, 0.3) is 0 Å². The van der Waals surface area contributed by atoms with Gasteiger partial charge in [0.1, 0.15) is 54.4 Å². The minimum Gasteiger partial charge on any atom is -0.480 e. The summed E-state index contributed by atoms with van der Waals surface area (Å²) in [6.45, 7) is 3.81. The Morgan fingerprint density at radius 3 is 1.79 bits per heavy atom. The molecule has 0 bridgehead atoms. The number of H-pyrrole nitrogens is 1. The molecule has 0 radical (unpaired) electrons. The molecule has 1 fully saturated rings. The first kappa shape index (κ1) is 75.7. The number of aromatic nitrogens is 2. The molecule has 1 aliphatic rings. The van der Waals surface area contributed by atoms with Crippen molar-refractivity contribution in [2.75, 3.05) is 56.2 Å². The van der Waals surface area contributed by atoms with Crippen LogP contribution in [0.5, 0.6) is 0 Å². The van der Waals surface area contributed by atoms with Crippen LogP contribution in [0.25, 0.3) is 0 Å². The van der Waals surface area contributed by atoms with E-state index in [1.54, 1.807) is 20.1 Å². The van der Waals surface area contributed by atoms with Crippen molar-refractivity contribution in [2.45, 2.75) is 152 Å². The molecule has 1 aliphatic heterocycles. The number of guanidine groups is 1. The van der Waals surface area contributed by atoms with Gasteiger partial charge in [-0.1, -0.05) is 13.8 Å². The van der Waals surface area contributed by atoms with Crippen molar-refractivity contribution >= 4 is 120 Å². The molecule has 488 valence electrons. The number of rotatable bonds is 41. The van der Waals surface area contributed by atoms with Gasteiger partial charge in [-0.3, -0.25) is 62.9 Å². The highest BCUT2D eigenvalue weighted by molar-refractivity contribution is 7.98. The number of nitrogens with two attached hydrogens (primary N) is 4. The zero-order valence-electron chi connectivity index (χ0n) is 49.2. The molecule has 10 atom stereocenters. The van der Waals surface area contributed by atoms with Crippen LogP contribution in [0.2, 0.25) is 0 Å². The van der Waals surface area contributed by atoms with Crippen LogP contribution in [0.15, 0.2) is 12.5 Å². The van der Waals surface area contributed by atoms with Crippen LogP contribution in [0, 0.1) is 11.3 Å². The first-order valence-corrected chi connectivity index (χ1v) is 30.8. The number of unbranched alkanes of at least 4 members (excludes halogenated alkanes) is 1. The number of primary amides is 1. The first-order valence-electron chi connectivity index (χ1n) is 28.2. The molecule has 1 saturated heterocycles. The number of nitrogens with one attached hydrogen (secondary N) is 13. The molecular formula is C51H87N19O14S3. The van der Waals surface area contributed by atoms with Crippen LogP contribution in [-0.2, 0) is 68.7 Å². The number of carboxylic acids is 1. The van der Waals surface area contributed by atoms with Gasteiger partial charge in [0.2, 0.25) is 70.9 Å². The summed E-state index contributed by atoms with van der Waals surface area (Å²) in [4.78, 5) is 181. The molecule has 36 heteroatoms. The second-order valence-corrected chi connectivity index (χ2v) is 22.4. The summed E-state index contributed by atoms with van der Waals surface area (Å²) in [5.41, 5.74) is 22.4. The van der Waals surface area contributed by atoms with Crippen molar-refractivity contribution in [3.8, 4) is 0 Å². The lowest BCUT2D eigenvalue weighted by molar-refractivity contribution is -0.143. The first-order chi connectivity index (χ1) is 41.2. The number of aliphatic carboxylic acids is 1. The van der Waals surface area contributed by atoms with Gasteiger partial charge in [-0.05, 0) is 89.2 Å². The number of amides is 12. The van der Waals surface area contributed by atoms with Crippen LogP contribution < -0.4 is 81.4 Å². The van der Waals surface area contributed by atoms with Crippen molar-refractivity contribution < 1.29 is 67.4 Å². The molecule has 1 aromatic rings. The van der Waals surface area contributed by atoms with E-state index in [9.17, 15) is 67.4 Å². The van der Waals surface area contributed by atoms with Gasteiger partial charge in [0.05, 0.1) is 31.2 Å². The number of thiol groups is 2. The van der Waals surface area contributed by atoms with E-state index in [1.165, 1.54) is 36.1 Å². The molecule has 12 amide bonds. The minimum absolute atomic E-state index is 0.0332. The lowest BCUT2D eigenvalue weighted by Crippen LogP contribution is -2.61. The highest BCUT2D eigenvalue weighted by atomic mass is 32.2. The Morgan fingerprint density at radius 1 is 0.690 bits per heavy atom. The number of hydrogen-bond donors (Lipinski definition) is 20. The van der Waals surface area contributed by atoms with Crippen LogP contribution >= 0.6 is 37.0 Å². The summed E-state index contributed by atoms with van der Waals surface area (Å²) in [7, 11) is 0. The van der Waals surface area contributed by atoms with Crippen LogP contribution in [-0.4, -0.2) is 219 Å². The molecule has 0 aromatic carbocycles. The van der Waals surface area contributed by atoms with E-state index in [0.717, 1.165) is 0 Å². The largest absolute Gasteiger partial charge is 0.480 e. The maximum atomic E-state index is 14.5. The van der Waals surface area contributed by atoms with E-state index >= 15 is 0 Å². The third-order valence-corrected chi connectivity index (χ3v) is 14.7. The SMILES string of the molecule is CSCC[C@H](NC(=O)[C@H](C)N)C(=O)N[C@@H](CS)C(=O)N[C@@H](CCCNC(=N)N)C(=O)N[C@@H](CCC(N)=O)C(=O)N[C@H](C(=O)N1CCC[C@H]1C(=O)N[C@@H](CS)C(=O)N[C@@H](Cc1c[nH]cn1)C(=O)NCC(=O)NCC(=O)N[C@@H](CCCCN)C(=O)O)C(C)C. The highest BCUT2D eigenvalue weighted by Gasteiger charge is 2.41. The van der Waals surface area contributed by atoms with Crippen molar-refractivity contribution in [2.24, 2.45) is 28.9 Å². The Hall–Kier alpha value is -7.44. The van der Waals surface area contributed by atoms with Gasteiger partial charge < -0.3 is 96.4 Å². The second kappa shape index (κ2) is 40.1. The Kier molecular flexibility index (Phi) is 34.9. The molecule has 0 spiro atoms. The number of likely N-dealkylation sites (tertiary alicyclic amines) is 1. The van der Waals surface area contributed by atoms with E-state index in [0.29, 0.717) is 37.3 Å². The van der Waals surface area contributed by atoms with E-state index in [1.807, 2.05) is 0 Å². The smallest absolute Gasteiger partial charge is 0.326 e. The maximum absolute atomic E-state index is 14.5. The fourth-order valence-corrected chi connectivity index (χ4v) is 9.49. The van der Waals surface area contributed by atoms with Gasteiger partial charge in [-0.25, -0.2) is 9.78 Å². The topological polar surface area (TPSA) is 534 Å². The Bertz CT molecular complexity index is 2520. The summed E-state index contributed by atoms with van der Waals surface area (Å²) in [5, 5.41) is 44.5. The summed E-state index contributed by atoms with van der Waals surface area (Å²) < 4.78 is 0. The number of carbonyl (C=O) groups is 13. The standard InChI is InChI=1S/C51H87N19O14S3/c1-26(2)40(69-45(78)30(12-13-37(54)71)65-43(76)29(10-7-16-58-51(55)56)64-46(79)34(23-85)67-44(77)31(14-18-87-4)63-41(74)27(3)53)49(82)70-17-8-11-36(70)48(81)68-35(24-86)47(80)66-33(19-28-20-57-25-61-28)42(75)60-21-38(72)59-22-39(73)62-32(50(83)84)9-5-6-15-52/h20,25-27,29-36,40,85-86H,5-19,21-24,52-53H2,1-4H3,(H2,54,71)(H,57,61)(H,59,72)(H,60,75)(H,62,73)(H,63,74)(H,64,79)(H,65,76)(H,66,80)(H,67,77)(H,68,81)(H,69,78)(H,83,84)(H4,55,56,58)/t27-,29-,30-,31-,32-,33-,34-,35-,36-,40-/m0/s1. The molecule has 87 heavy (non-hydrogen) atoms. The number of carboxylic acid groups (broad SMARTS) is 1. The molecular weight excluding hydrogens is 1200 g/mol. The summed E-state index contributed by atoms with van der Waals surface area (Å²) >= 11 is 9.92. The Morgan fingerprint density at radius 2 is 1.24 bits per heavy atom. The predicted octanol–water partition coefficient (Wildman–Crippen LogP) is -6.59. The summed E-state index contributed by atoms with van der Waals surface area (Å²) in [6.07, 6.45) is 5.28. The van der Waals surface area contributed by atoms with Crippen molar-refractivity contribution in [1.29, 1.82) is 5.41 Å². The van der Waals surface area contributed by atoms with Crippen molar-refractivity contribution in [3.05, 3.63) is 18.2 Å². The van der Waals surface area contributed by atoms with Crippen molar-refractivity contribution in [3.63, 3.8) is 0 Å². The number of aromatic amines is 1. The minimum atomic E-state index is -1.56. The monoisotopic (exact) mass is 1290 g/mol. The van der Waals surface area contributed by atoms with E-state index in [-0.39, 0.29) is 75.5 Å². The van der Waals surface area contributed by atoms with Gasteiger partial charge >= 0.3 is 5.97 Å². The fourth-order valence-electron chi connectivity index (χ4n) is 8.50. The summed E-state index contributed by atoms with van der Waals surface area (Å²) in [5.74, 6) is -12.3. The van der Waals surface area contributed by atoms with E-state index in [4.69, 9.17) is 28.3 Å². The van der Waals surface area contributed by atoms with Gasteiger partial charge in [0, 0.05) is 43.6 Å². The molecule has 2 heterocycles. The number of imidazole rings is 1. The average Bonchev–Trinajstić information content (AvgIpc) is 2.46. The van der Waals surface area contributed by atoms with E-state index < -0.39 is 163 Å². The Labute approximate surface area is 519 Å². The molecule has 22 N–H and O–H groups in total. The normalized spacial score (nSPS) is 15.9. The fraction of sp³-hybridized carbons (Fsp3) is 0.667. The van der Waals surface area contributed by atoms with Crippen LogP contribution in [0.4, 0.5) is 0 Å².